The van der Waals surface area contributed by atoms with Gasteiger partial charge in [0.1, 0.15) is 5.75 Å². The molecule has 2 rings (SSSR count). The third kappa shape index (κ3) is 5.35. The fourth-order valence-electron chi connectivity index (χ4n) is 2.88. The zero-order valence-electron chi connectivity index (χ0n) is 14.7. The van der Waals surface area contributed by atoms with Crippen LogP contribution in [0.2, 0.25) is 0 Å². The number of aryl methyl sites for hydroxylation is 2. The quantitative estimate of drug-likeness (QED) is 0.838. The third-order valence-electron chi connectivity index (χ3n) is 3.91. The zero-order valence-corrected chi connectivity index (χ0v) is 14.7. The molecule has 0 saturated heterocycles. The number of nitrogens with one attached hydrogen (secondary N) is 1. The second kappa shape index (κ2) is 8.33. The minimum absolute atomic E-state index is 0.159. The van der Waals surface area contributed by atoms with E-state index >= 15 is 0 Å². The van der Waals surface area contributed by atoms with E-state index < -0.39 is 11.9 Å². The van der Waals surface area contributed by atoms with Gasteiger partial charge in [-0.3, -0.25) is 4.79 Å². The average Bonchev–Trinajstić information content (AvgIpc) is 2.53. The van der Waals surface area contributed by atoms with Crippen LogP contribution in [0, 0.1) is 19.8 Å². The second-order valence-electron chi connectivity index (χ2n) is 6.17. The molecule has 0 radical (unpaired) electrons. The maximum atomic E-state index is 12.3. The lowest BCUT2D eigenvalue weighted by atomic mass is 9.94. The van der Waals surface area contributed by atoms with Crippen LogP contribution in [0.4, 0.5) is 5.69 Å². The number of benzene rings is 2. The van der Waals surface area contributed by atoms with Gasteiger partial charge < -0.3 is 20.0 Å². The molecule has 0 heterocycles. The van der Waals surface area contributed by atoms with E-state index in [1.165, 1.54) is 7.11 Å². The monoisotopic (exact) mass is 340 g/mol. The standard InChI is InChI=1S/C20H23NO4/c1-13-8-14(2)10-15(9-13)11-16(20(23)24)12-19(22)21-17-6-4-5-7-18(17)25-3/h4-10,16H,11-12H2,1-3H3,(H,21,22)(H,23,24)/p-1/t16-/m1/s1. The molecule has 5 heteroatoms. The molecule has 132 valence electrons. The zero-order chi connectivity index (χ0) is 18.4. The van der Waals surface area contributed by atoms with Crippen LogP contribution in [-0.4, -0.2) is 19.0 Å². The summed E-state index contributed by atoms with van der Waals surface area (Å²) < 4.78 is 5.18. The highest BCUT2D eigenvalue weighted by Crippen LogP contribution is 2.24. The van der Waals surface area contributed by atoms with Gasteiger partial charge in [-0.2, -0.15) is 0 Å². The number of carbonyl (C=O) groups is 2. The molecular formula is C20H22NO4-. The van der Waals surface area contributed by atoms with Crippen LogP contribution in [0.5, 0.6) is 5.75 Å². The van der Waals surface area contributed by atoms with Crippen molar-refractivity contribution in [2.24, 2.45) is 5.92 Å². The number of anilines is 1. The molecule has 0 aromatic heterocycles. The third-order valence-corrected chi connectivity index (χ3v) is 3.91. The Kier molecular flexibility index (Phi) is 6.17. The summed E-state index contributed by atoms with van der Waals surface area (Å²) in [4.78, 5) is 23.7. The summed E-state index contributed by atoms with van der Waals surface area (Å²) in [5.41, 5.74) is 3.52. The molecule has 0 saturated carbocycles. The maximum absolute atomic E-state index is 12.3. The molecule has 0 bridgehead atoms. The Balaban J connectivity index is 2.08. The van der Waals surface area contributed by atoms with Gasteiger partial charge in [-0.05, 0) is 38.0 Å². The topological polar surface area (TPSA) is 78.5 Å². The van der Waals surface area contributed by atoms with Gasteiger partial charge in [-0.15, -0.1) is 0 Å². The molecule has 0 fully saturated rings. The summed E-state index contributed by atoms with van der Waals surface area (Å²) in [6, 6.07) is 12.9. The van der Waals surface area contributed by atoms with Crippen LogP contribution < -0.4 is 15.2 Å². The van der Waals surface area contributed by atoms with E-state index in [4.69, 9.17) is 4.74 Å². The Morgan fingerprint density at radius 2 is 1.76 bits per heavy atom. The number of ether oxygens (including phenoxy) is 1. The first-order valence-corrected chi connectivity index (χ1v) is 8.10. The molecule has 0 aliphatic carbocycles. The number of aliphatic carboxylic acids is 1. The van der Waals surface area contributed by atoms with Crippen LogP contribution >= 0.6 is 0 Å². The highest BCUT2D eigenvalue weighted by atomic mass is 16.5. The van der Waals surface area contributed by atoms with Crippen LogP contribution in [-0.2, 0) is 16.0 Å². The van der Waals surface area contributed by atoms with Crippen molar-refractivity contribution in [2.45, 2.75) is 26.7 Å². The highest BCUT2D eigenvalue weighted by molar-refractivity contribution is 5.94. The van der Waals surface area contributed by atoms with Crippen LogP contribution in [0.1, 0.15) is 23.1 Å². The number of amides is 1. The highest BCUT2D eigenvalue weighted by Gasteiger charge is 2.17. The van der Waals surface area contributed by atoms with Crippen molar-refractivity contribution >= 4 is 17.6 Å². The summed E-state index contributed by atoms with van der Waals surface area (Å²) in [6.45, 7) is 3.91. The van der Waals surface area contributed by atoms with Crippen molar-refractivity contribution in [1.29, 1.82) is 0 Å². The Morgan fingerprint density at radius 3 is 2.36 bits per heavy atom. The number of hydrogen-bond acceptors (Lipinski definition) is 4. The number of methoxy groups -OCH3 is 1. The minimum Gasteiger partial charge on any atom is -0.550 e. The minimum atomic E-state index is -1.23. The molecule has 0 spiro atoms. The van der Waals surface area contributed by atoms with Gasteiger partial charge in [0.25, 0.3) is 0 Å². The predicted octanol–water partition coefficient (Wildman–Crippen LogP) is 2.25. The largest absolute Gasteiger partial charge is 0.550 e. The number of hydrogen-bond donors (Lipinski definition) is 1. The number of rotatable bonds is 7. The number of carboxylic acid groups (broad SMARTS) is 1. The van der Waals surface area contributed by atoms with Crippen LogP contribution in [0.25, 0.3) is 0 Å². The molecule has 25 heavy (non-hydrogen) atoms. The van der Waals surface area contributed by atoms with E-state index in [-0.39, 0.29) is 18.7 Å². The summed E-state index contributed by atoms with van der Waals surface area (Å²) in [6.07, 6.45) is 0.0948. The van der Waals surface area contributed by atoms with Crippen molar-refractivity contribution in [3.63, 3.8) is 0 Å². The Labute approximate surface area is 147 Å². The lowest BCUT2D eigenvalue weighted by molar-refractivity contribution is -0.311. The number of carbonyl (C=O) groups excluding carboxylic acids is 2. The lowest BCUT2D eigenvalue weighted by Crippen LogP contribution is -2.35. The van der Waals surface area contributed by atoms with E-state index in [0.29, 0.717) is 11.4 Å². The van der Waals surface area contributed by atoms with Crippen molar-refractivity contribution in [2.75, 3.05) is 12.4 Å². The van der Waals surface area contributed by atoms with E-state index in [9.17, 15) is 14.7 Å². The van der Waals surface area contributed by atoms with Gasteiger partial charge in [0.15, 0.2) is 0 Å². The first kappa shape index (κ1) is 18.5. The normalized spacial score (nSPS) is 11.6. The molecule has 1 amide bonds. The van der Waals surface area contributed by atoms with Crippen molar-refractivity contribution in [3.05, 3.63) is 59.2 Å². The molecule has 2 aromatic rings. The van der Waals surface area contributed by atoms with Gasteiger partial charge in [-0.1, -0.05) is 41.5 Å². The summed E-state index contributed by atoms with van der Waals surface area (Å²) >= 11 is 0. The summed E-state index contributed by atoms with van der Waals surface area (Å²) in [7, 11) is 1.51. The smallest absolute Gasteiger partial charge is 0.225 e. The van der Waals surface area contributed by atoms with Crippen LogP contribution in [0.3, 0.4) is 0 Å². The Morgan fingerprint density at radius 1 is 1.12 bits per heavy atom. The number of para-hydroxylation sites is 2. The maximum Gasteiger partial charge on any atom is 0.225 e. The van der Waals surface area contributed by atoms with Gasteiger partial charge in [0, 0.05) is 18.3 Å². The first-order chi connectivity index (χ1) is 11.9. The molecule has 0 unspecified atom stereocenters. The van der Waals surface area contributed by atoms with E-state index in [2.05, 4.69) is 5.32 Å². The second-order valence-corrected chi connectivity index (χ2v) is 6.17. The predicted molar refractivity (Wildman–Crippen MR) is 94.4 cm³/mol. The van der Waals surface area contributed by atoms with Crippen LogP contribution in [0.15, 0.2) is 42.5 Å². The molecular weight excluding hydrogens is 318 g/mol. The molecule has 1 atom stereocenters. The Bertz CT molecular complexity index is 750. The number of carboxylic acids is 1. The Hall–Kier alpha value is -2.82. The molecule has 5 nitrogen and oxygen atoms in total. The first-order valence-electron chi connectivity index (χ1n) is 8.10. The molecule has 0 aliphatic rings. The molecule has 0 aliphatic heterocycles. The lowest BCUT2D eigenvalue weighted by Gasteiger charge is -2.19. The SMILES string of the molecule is COc1ccccc1NC(=O)C[C@@H](Cc1cc(C)cc(C)c1)C(=O)[O-]. The van der Waals surface area contributed by atoms with Gasteiger partial charge in [-0.25, -0.2) is 0 Å². The molecule has 1 N–H and O–H groups in total. The fourth-order valence-corrected chi connectivity index (χ4v) is 2.88. The van der Waals surface area contributed by atoms with Gasteiger partial charge >= 0.3 is 0 Å². The van der Waals surface area contributed by atoms with E-state index in [1.54, 1.807) is 24.3 Å². The van der Waals surface area contributed by atoms with Gasteiger partial charge in [0.05, 0.1) is 12.8 Å². The summed E-state index contributed by atoms with van der Waals surface area (Å²) in [5, 5.41) is 14.2. The van der Waals surface area contributed by atoms with Gasteiger partial charge in [0.2, 0.25) is 5.91 Å². The average molecular weight is 340 g/mol. The summed E-state index contributed by atoms with van der Waals surface area (Å²) in [5.74, 6) is -1.98. The van der Waals surface area contributed by atoms with E-state index in [0.717, 1.165) is 16.7 Å². The van der Waals surface area contributed by atoms with Crippen molar-refractivity contribution in [3.8, 4) is 5.75 Å². The van der Waals surface area contributed by atoms with Crippen molar-refractivity contribution < 1.29 is 19.4 Å². The van der Waals surface area contributed by atoms with Crippen molar-refractivity contribution in [1.82, 2.24) is 0 Å². The fraction of sp³-hybridized carbons (Fsp3) is 0.300. The van der Waals surface area contributed by atoms with E-state index in [1.807, 2.05) is 32.0 Å². The molecule has 2 aromatic carbocycles.